The van der Waals surface area contributed by atoms with Crippen molar-refractivity contribution in [3.63, 3.8) is 0 Å². The summed E-state index contributed by atoms with van der Waals surface area (Å²) in [5, 5.41) is 9.30. The quantitative estimate of drug-likeness (QED) is 0.796. The fraction of sp³-hybridized carbons (Fsp3) is 0.182. The van der Waals surface area contributed by atoms with E-state index in [1.807, 2.05) is 29.9 Å². The summed E-state index contributed by atoms with van der Waals surface area (Å²) in [6, 6.07) is 4.00. The SMILES string of the molecule is Cn1nc(-c2cccs2)nc1-c1csc(CN)n1. The van der Waals surface area contributed by atoms with Crippen LogP contribution in [0, 0.1) is 0 Å². The highest BCUT2D eigenvalue weighted by Gasteiger charge is 2.14. The normalized spacial score (nSPS) is 11.0. The van der Waals surface area contributed by atoms with E-state index in [0.717, 1.165) is 27.2 Å². The maximum atomic E-state index is 5.57. The minimum absolute atomic E-state index is 0.459. The molecule has 7 heteroatoms. The first-order chi connectivity index (χ1) is 8.78. The fourth-order valence-electron chi connectivity index (χ4n) is 1.63. The number of hydrogen-bond acceptors (Lipinski definition) is 6. The van der Waals surface area contributed by atoms with Crippen LogP contribution in [0.1, 0.15) is 5.01 Å². The molecule has 3 heterocycles. The standard InChI is InChI=1S/C11H11N5S2/c1-16-11(7-6-18-9(5-12)13-7)14-10(15-16)8-3-2-4-17-8/h2-4,6H,5,12H2,1H3. The third kappa shape index (κ3) is 1.96. The van der Waals surface area contributed by atoms with Gasteiger partial charge in [-0.25, -0.2) is 14.6 Å². The molecule has 0 radical (unpaired) electrons. The number of thiophene rings is 1. The van der Waals surface area contributed by atoms with E-state index in [9.17, 15) is 0 Å². The molecule has 0 bridgehead atoms. The lowest BCUT2D eigenvalue weighted by Crippen LogP contribution is -1.97. The van der Waals surface area contributed by atoms with Crippen LogP contribution in [0.3, 0.4) is 0 Å². The van der Waals surface area contributed by atoms with Crippen molar-refractivity contribution in [3.8, 4) is 22.2 Å². The molecular weight excluding hydrogens is 266 g/mol. The van der Waals surface area contributed by atoms with Crippen LogP contribution in [0.4, 0.5) is 0 Å². The maximum Gasteiger partial charge on any atom is 0.191 e. The van der Waals surface area contributed by atoms with Gasteiger partial charge in [-0.05, 0) is 11.4 Å². The zero-order valence-corrected chi connectivity index (χ0v) is 11.3. The monoisotopic (exact) mass is 277 g/mol. The summed E-state index contributed by atoms with van der Waals surface area (Å²) < 4.78 is 1.75. The molecule has 0 aliphatic carbocycles. The molecular formula is C11H11N5S2. The van der Waals surface area contributed by atoms with Gasteiger partial charge in [0.2, 0.25) is 0 Å². The average Bonchev–Trinajstić information content (AvgIpc) is 3.08. The minimum atomic E-state index is 0.459. The molecule has 18 heavy (non-hydrogen) atoms. The summed E-state index contributed by atoms with van der Waals surface area (Å²) in [6.07, 6.45) is 0. The third-order valence-corrected chi connectivity index (χ3v) is 4.20. The number of hydrogen-bond donors (Lipinski definition) is 1. The number of aromatic nitrogens is 4. The number of aryl methyl sites for hydroxylation is 1. The predicted octanol–water partition coefficient (Wildman–Crippen LogP) is 2.13. The molecule has 0 amide bonds. The van der Waals surface area contributed by atoms with Crippen LogP contribution in [0.15, 0.2) is 22.9 Å². The highest BCUT2D eigenvalue weighted by Crippen LogP contribution is 2.25. The van der Waals surface area contributed by atoms with Crippen LogP contribution in [0.5, 0.6) is 0 Å². The summed E-state index contributed by atoms with van der Waals surface area (Å²) in [7, 11) is 1.88. The van der Waals surface area contributed by atoms with E-state index in [-0.39, 0.29) is 0 Å². The zero-order valence-electron chi connectivity index (χ0n) is 9.70. The van der Waals surface area contributed by atoms with Gasteiger partial charge >= 0.3 is 0 Å². The predicted molar refractivity (Wildman–Crippen MR) is 73.3 cm³/mol. The van der Waals surface area contributed by atoms with Crippen molar-refractivity contribution in [2.24, 2.45) is 12.8 Å². The van der Waals surface area contributed by atoms with E-state index in [0.29, 0.717) is 6.54 Å². The summed E-state index contributed by atoms with van der Waals surface area (Å²) in [5.41, 5.74) is 6.40. The second kappa shape index (κ2) is 4.60. The lowest BCUT2D eigenvalue weighted by Gasteiger charge is -1.93. The van der Waals surface area contributed by atoms with E-state index in [1.165, 1.54) is 0 Å². The molecule has 0 saturated heterocycles. The Bertz CT molecular complexity index is 653. The van der Waals surface area contributed by atoms with E-state index in [1.54, 1.807) is 27.4 Å². The lowest BCUT2D eigenvalue weighted by molar-refractivity contribution is 0.775. The molecule has 0 spiro atoms. The molecule has 5 nitrogen and oxygen atoms in total. The smallest absolute Gasteiger partial charge is 0.191 e. The molecule has 0 atom stereocenters. The van der Waals surface area contributed by atoms with Crippen molar-refractivity contribution in [1.82, 2.24) is 19.7 Å². The van der Waals surface area contributed by atoms with Crippen molar-refractivity contribution < 1.29 is 0 Å². The summed E-state index contributed by atoms with van der Waals surface area (Å²) in [6.45, 7) is 0.459. The van der Waals surface area contributed by atoms with Crippen LogP contribution >= 0.6 is 22.7 Å². The molecule has 92 valence electrons. The topological polar surface area (TPSA) is 69.6 Å². The Kier molecular flexibility index (Phi) is 2.94. The van der Waals surface area contributed by atoms with Gasteiger partial charge < -0.3 is 5.73 Å². The van der Waals surface area contributed by atoms with Crippen LogP contribution in [-0.2, 0) is 13.6 Å². The molecule has 0 saturated carbocycles. The average molecular weight is 277 g/mol. The number of nitrogens with two attached hydrogens (primary N) is 1. The van der Waals surface area contributed by atoms with Crippen molar-refractivity contribution >= 4 is 22.7 Å². The van der Waals surface area contributed by atoms with Gasteiger partial charge in [0.15, 0.2) is 11.6 Å². The molecule has 2 N–H and O–H groups in total. The summed E-state index contributed by atoms with van der Waals surface area (Å²) >= 11 is 3.17. The Labute approximate surface area is 112 Å². The van der Waals surface area contributed by atoms with Crippen molar-refractivity contribution in [1.29, 1.82) is 0 Å². The van der Waals surface area contributed by atoms with Gasteiger partial charge in [-0.15, -0.1) is 27.8 Å². The Morgan fingerprint density at radius 2 is 2.22 bits per heavy atom. The van der Waals surface area contributed by atoms with Crippen molar-refractivity contribution in [3.05, 3.63) is 27.9 Å². The molecule has 0 unspecified atom stereocenters. The van der Waals surface area contributed by atoms with Gasteiger partial charge in [0.1, 0.15) is 10.7 Å². The Hall–Kier alpha value is -1.57. The highest BCUT2D eigenvalue weighted by molar-refractivity contribution is 7.13. The highest BCUT2D eigenvalue weighted by atomic mass is 32.1. The van der Waals surface area contributed by atoms with Crippen LogP contribution < -0.4 is 5.73 Å². The zero-order chi connectivity index (χ0) is 12.5. The molecule has 3 aromatic rings. The second-order valence-corrected chi connectivity index (χ2v) is 5.58. The molecule has 3 rings (SSSR count). The minimum Gasteiger partial charge on any atom is -0.325 e. The molecule has 3 aromatic heterocycles. The molecule has 0 aliphatic rings. The molecule has 0 aromatic carbocycles. The maximum absolute atomic E-state index is 5.57. The first kappa shape index (κ1) is 11.5. The van der Waals surface area contributed by atoms with E-state index in [2.05, 4.69) is 15.1 Å². The number of rotatable bonds is 3. The van der Waals surface area contributed by atoms with Gasteiger partial charge in [0.25, 0.3) is 0 Å². The van der Waals surface area contributed by atoms with Crippen molar-refractivity contribution in [2.45, 2.75) is 6.54 Å². The van der Waals surface area contributed by atoms with Gasteiger partial charge in [-0.1, -0.05) is 6.07 Å². The van der Waals surface area contributed by atoms with Gasteiger partial charge in [-0.2, -0.15) is 0 Å². The third-order valence-electron chi connectivity index (χ3n) is 2.46. The van der Waals surface area contributed by atoms with Crippen molar-refractivity contribution in [2.75, 3.05) is 0 Å². The largest absolute Gasteiger partial charge is 0.325 e. The molecule has 0 aliphatic heterocycles. The Balaban J connectivity index is 2.03. The summed E-state index contributed by atoms with van der Waals surface area (Å²) in [4.78, 5) is 10.0. The van der Waals surface area contributed by atoms with E-state index < -0.39 is 0 Å². The number of thiazole rings is 1. The van der Waals surface area contributed by atoms with Gasteiger partial charge in [0.05, 0.1) is 4.88 Å². The van der Waals surface area contributed by atoms with Crippen LogP contribution in [0.25, 0.3) is 22.2 Å². The number of nitrogens with zero attached hydrogens (tertiary/aromatic N) is 4. The Morgan fingerprint density at radius 3 is 2.89 bits per heavy atom. The Morgan fingerprint density at radius 1 is 1.33 bits per heavy atom. The van der Waals surface area contributed by atoms with Gasteiger partial charge in [0, 0.05) is 19.0 Å². The van der Waals surface area contributed by atoms with Gasteiger partial charge in [-0.3, -0.25) is 0 Å². The first-order valence-electron chi connectivity index (χ1n) is 5.37. The van der Waals surface area contributed by atoms with E-state index in [4.69, 9.17) is 5.73 Å². The lowest BCUT2D eigenvalue weighted by atomic mass is 10.4. The van der Waals surface area contributed by atoms with Crippen LogP contribution in [-0.4, -0.2) is 19.7 Å². The summed E-state index contributed by atoms with van der Waals surface area (Å²) in [5.74, 6) is 1.51. The molecule has 0 fully saturated rings. The fourth-order valence-corrected chi connectivity index (χ4v) is 2.93. The van der Waals surface area contributed by atoms with Crippen LogP contribution in [0.2, 0.25) is 0 Å². The second-order valence-electron chi connectivity index (χ2n) is 3.69. The van der Waals surface area contributed by atoms with E-state index >= 15 is 0 Å². The first-order valence-corrected chi connectivity index (χ1v) is 7.13.